The number of sulfonamides is 1. The Hall–Kier alpha value is -2.88. The molecule has 9 heteroatoms. The lowest BCUT2D eigenvalue weighted by Crippen LogP contribution is -2.60. The quantitative estimate of drug-likeness (QED) is 0.547. The Bertz CT molecular complexity index is 1370. The van der Waals surface area contributed by atoms with Crippen LogP contribution in [-0.2, 0) is 19.6 Å². The molecule has 0 radical (unpaired) electrons. The first kappa shape index (κ1) is 23.8. The molecule has 2 fully saturated rings. The minimum Gasteiger partial charge on any atom is -0.363 e. The van der Waals surface area contributed by atoms with E-state index in [-0.39, 0.29) is 29.3 Å². The average Bonchev–Trinajstić information content (AvgIpc) is 2.85. The number of nitrogens with zero attached hydrogens (tertiary/aromatic N) is 3. The molecule has 2 aliphatic rings. The number of carbonyl (C=O) groups excluding carboxylic acids is 1. The summed E-state index contributed by atoms with van der Waals surface area (Å²) in [7, 11) is -3.65. The summed E-state index contributed by atoms with van der Waals surface area (Å²) in [6.07, 6.45) is 2.28. The van der Waals surface area contributed by atoms with Crippen molar-refractivity contribution < 1.29 is 22.3 Å². The number of fused-ring (bicyclic) bond motifs is 1. The first-order chi connectivity index (χ1) is 16.7. The number of pyridine rings is 1. The number of morpholine rings is 1. The van der Waals surface area contributed by atoms with Crippen molar-refractivity contribution in [1.29, 1.82) is 0 Å². The maximum atomic E-state index is 13.4. The van der Waals surface area contributed by atoms with Crippen molar-refractivity contribution in [3.8, 4) is 11.1 Å². The lowest BCUT2D eigenvalue weighted by Gasteiger charge is -2.47. The highest BCUT2D eigenvalue weighted by molar-refractivity contribution is 7.89. The molecule has 3 aromatic rings. The van der Waals surface area contributed by atoms with Gasteiger partial charge in [-0.05, 0) is 62.1 Å². The van der Waals surface area contributed by atoms with E-state index in [1.165, 1.54) is 16.6 Å². The van der Waals surface area contributed by atoms with Crippen LogP contribution in [-0.4, -0.2) is 66.4 Å². The second-order valence-electron chi connectivity index (χ2n) is 9.58. The third kappa shape index (κ3) is 4.55. The number of hydrogen-bond donors (Lipinski definition) is 0. The summed E-state index contributed by atoms with van der Waals surface area (Å²) in [6, 6.07) is 13.8. The van der Waals surface area contributed by atoms with Gasteiger partial charge in [-0.3, -0.25) is 9.78 Å². The number of carbonyl (C=O) groups is 1. The van der Waals surface area contributed by atoms with Crippen LogP contribution in [0.5, 0.6) is 0 Å². The Morgan fingerprint density at radius 3 is 2.40 bits per heavy atom. The molecule has 2 saturated heterocycles. The number of rotatable bonds is 4. The van der Waals surface area contributed by atoms with Crippen molar-refractivity contribution in [3.05, 3.63) is 60.5 Å². The molecule has 7 nitrogen and oxygen atoms in total. The third-order valence-electron chi connectivity index (χ3n) is 7.01. The van der Waals surface area contributed by atoms with E-state index >= 15 is 0 Å². The van der Waals surface area contributed by atoms with E-state index in [0.29, 0.717) is 43.4 Å². The molecule has 0 aliphatic carbocycles. The lowest BCUT2D eigenvalue weighted by atomic mass is 9.90. The smallest absolute Gasteiger partial charge is 0.248 e. The number of hydrogen-bond acceptors (Lipinski definition) is 5. The van der Waals surface area contributed by atoms with Gasteiger partial charge in [0.1, 0.15) is 12.4 Å². The number of aromatic nitrogens is 1. The molecule has 5 rings (SSSR count). The van der Waals surface area contributed by atoms with Crippen molar-refractivity contribution >= 4 is 26.8 Å². The fourth-order valence-electron chi connectivity index (χ4n) is 4.89. The van der Waals surface area contributed by atoms with Crippen molar-refractivity contribution in [3.63, 3.8) is 0 Å². The van der Waals surface area contributed by atoms with Crippen molar-refractivity contribution in [2.24, 2.45) is 0 Å². The second kappa shape index (κ2) is 8.96. The summed E-state index contributed by atoms with van der Waals surface area (Å²) < 4.78 is 47.4. The van der Waals surface area contributed by atoms with Crippen LogP contribution in [0, 0.1) is 5.82 Å². The number of amides is 1. The van der Waals surface area contributed by atoms with Crippen LogP contribution >= 0.6 is 0 Å². The summed E-state index contributed by atoms with van der Waals surface area (Å²) in [5.74, 6) is -0.403. The predicted octanol–water partition coefficient (Wildman–Crippen LogP) is 3.83. The standard InChI is InChI=1S/C26H28FN3O4S/c1-18(2)30-17-26(34-16-25(30)31)9-11-29(12-10-26)35(32,33)23-7-5-19(6-8-23)20-3-4-21-13-22(27)15-28-24(21)14-20/h3-8,13-15,18H,9-12,16-17H2,1-2H3. The van der Waals surface area contributed by atoms with Gasteiger partial charge in [0.15, 0.2) is 0 Å². The van der Waals surface area contributed by atoms with Crippen molar-refractivity contribution in [1.82, 2.24) is 14.2 Å². The Balaban J connectivity index is 1.30. The average molecular weight is 498 g/mol. The lowest BCUT2D eigenvalue weighted by molar-refractivity contribution is -0.172. The topological polar surface area (TPSA) is 79.8 Å². The van der Waals surface area contributed by atoms with E-state index in [9.17, 15) is 17.6 Å². The summed E-state index contributed by atoms with van der Waals surface area (Å²) in [6.45, 7) is 5.20. The zero-order valence-corrected chi connectivity index (χ0v) is 20.6. The molecule has 1 amide bonds. The molecule has 0 saturated carbocycles. The molecule has 184 valence electrons. The van der Waals surface area contributed by atoms with E-state index in [1.54, 1.807) is 30.3 Å². The van der Waals surface area contributed by atoms with Gasteiger partial charge < -0.3 is 9.64 Å². The first-order valence-corrected chi connectivity index (χ1v) is 13.2. The first-order valence-electron chi connectivity index (χ1n) is 11.8. The summed E-state index contributed by atoms with van der Waals surface area (Å²) in [4.78, 5) is 18.3. The fourth-order valence-corrected chi connectivity index (χ4v) is 6.33. The van der Waals surface area contributed by atoms with Crippen LogP contribution < -0.4 is 0 Å². The van der Waals surface area contributed by atoms with Crippen LogP contribution in [0.15, 0.2) is 59.6 Å². The van der Waals surface area contributed by atoms with Gasteiger partial charge in [0, 0.05) is 24.5 Å². The molecule has 35 heavy (non-hydrogen) atoms. The van der Waals surface area contributed by atoms with Gasteiger partial charge in [-0.25, -0.2) is 12.8 Å². The van der Waals surface area contributed by atoms with Gasteiger partial charge in [0.05, 0.1) is 28.8 Å². The monoisotopic (exact) mass is 497 g/mol. The minimum absolute atomic E-state index is 0.0184. The van der Waals surface area contributed by atoms with Gasteiger partial charge in [-0.2, -0.15) is 4.31 Å². The van der Waals surface area contributed by atoms with Crippen molar-refractivity contribution in [2.45, 2.75) is 43.2 Å². The second-order valence-corrected chi connectivity index (χ2v) is 11.5. The van der Waals surface area contributed by atoms with Crippen LogP contribution in [0.2, 0.25) is 0 Å². The fraction of sp³-hybridized carbons (Fsp3) is 0.385. The van der Waals surface area contributed by atoms with Gasteiger partial charge in [-0.1, -0.05) is 24.3 Å². The molecule has 2 aromatic carbocycles. The maximum Gasteiger partial charge on any atom is 0.248 e. The van der Waals surface area contributed by atoms with E-state index < -0.39 is 15.6 Å². The Labute approximate surface area is 204 Å². The number of ether oxygens (including phenoxy) is 1. The molecule has 2 aliphatic heterocycles. The summed E-state index contributed by atoms with van der Waals surface area (Å²) in [5.41, 5.74) is 1.91. The molecule has 0 unspecified atom stereocenters. The molecular weight excluding hydrogens is 469 g/mol. The molecule has 3 heterocycles. The van der Waals surface area contributed by atoms with Crippen LogP contribution in [0.4, 0.5) is 4.39 Å². The highest BCUT2D eigenvalue weighted by Crippen LogP contribution is 2.34. The number of halogens is 1. The van der Waals surface area contributed by atoms with E-state index in [2.05, 4.69) is 4.98 Å². The van der Waals surface area contributed by atoms with Crippen LogP contribution in [0.25, 0.3) is 22.0 Å². The van der Waals surface area contributed by atoms with E-state index in [1.807, 2.05) is 30.9 Å². The van der Waals surface area contributed by atoms with Gasteiger partial charge in [-0.15, -0.1) is 0 Å². The molecular formula is C26H28FN3O4S. The zero-order chi connectivity index (χ0) is 24.8. The summed E-state index contributed by atoms with van der Waals surface area (Å²) >= 11 is 0. The molecule has 1 spiro atoms. The Morgan fingerprint density at radius 1 is 1.03 bits per heavy atom. The van der Waals surface area contributed by atoms with Gasteiger partial charge in [0.2, 0.25) is 15.9 Å². The third-order valence-corrected chi connectivity index (χ3v) is 8.93. The molecule has 0 atom stereocenters. The van der Waals surface area contributed by atoms with E-state index in [0.717, 1.165) is 11.1 Å². The molecule has 1 aromatic heterocycles. The molecule has 0 N–H and O–H groups in total. The maximum absolute atomic E-state index is 13.4. The number of piperidine rings is 1. The summed E-state index contributed by atoms with van der Waals surface area (Å²) in [5, 5.41) is 0.707. The van der Waals surface area contributed by atoms with Crippen molar-refractivity contribution in [2.75, 3.05) is 26.2 Å². The largest absolute Gasteiger partial charge is 0.363 e. The highest BCUT2D eigenvalue weighted by Gasteiger charge is 2.44. The van der Waals surface area contributed by atoms with Crippen LogP contribution in [0.1, 0.15) is 26.7 Å². The SMILES string of the molecule is CC(C)N1CC2(CCN(S(=O)(=O)c3ccc(-c4ccc5cc(F)cnc5c4)cc3)CC2)OCC1=O. The number of benzene rings is 2. The zero-order valence-electron chi connectivity index (χ0n) is 19.8. The normalized spacial score (nSPS) is 19.1. The molecule has 0 bridgehead atoms. The minimum atomic E-state index is -3.65. The Kier molecular flexibility index (Phi) is 6.11. The van der Waals surface area contributed by atoms with Crippen LogP contribution in [0.3, 0.4) is 0 Å². The Morgan fingerprint density at radius 2 is 1.71 bits per heavy atom. The predicted molar refractivity (Wildman–Crippen MR) is 131 cm³/mol. The highest BCUT2D eigenvalue weighted by atomic mass is 32.2. The van der Waals surface area contributed by atoms with Gasteiger partial charge >= 0.3 is 0 Å². The van der Waals surface area contributed by atoms with Gasteiger partial charge in [0.25, 0.3) is 0 Å². The van der Waals surface area contributed by atoms with E-state index in [4.69, 9.17) is 4.74 Å².